The third-order valence-corrected chi connectivity index (χ3v) is 5.24. The highest BCUT2D eigenvalue weighted by molar-refractivity contribution is 5.74. The summed E-state index contributed by atoms with van der Waals surface area (Å²) < 4.78 is 10.3. The van der Waals surface area contributed by atoms with Gasteiger partial charge in [0.05, 0.1) is 13.0 Å². The molecule has 2 N–H and O–H groups in total. The first-order valence-electron chi connectivity index (χ1n) is 9.86. The molecule has 1 saturated carbocycles. The summed E-state index contributed by atoms with van der Waals surface area (Å²) in [5, 5.41) is 6.00. The molecule has 27 heavy (non-hydrogen) atoms. The van der Waals surface area contributed by atoms with Gasteiger partial charge in [0.25, 0.3) is 0 Å². The molecule has 156 valence electrons. The summed E-state index contributed by atoms with van der Waals surface area (Å²) in [6.07, 6.45) is 2.34. The minimum absolute atomic E-state index is 0.0598. The number of hydrogen-bond acceptors (Lipinski definition) is 5. The van der Waals surface area contributed by atoms with Crippen LogP contribution in [0.25, 0.3) is 0 Å². The van der Waals surface area contributed by atoms with E-state index in [0.717, 1.165) is 12.8 Å². The molecule has 0 aromatic heterocycles. The zero-order chi connectivity index (χ0) is 20.8. The van der Waals surface area contributed by atoms with Crippen molar-refractivity contribution in [2.75, 3.05) is 7.11 Å². The molecular formula is C20H36N2O5. The number of carbonyl (C=O) groups is 3. The summed E-state index contributed by atoms with van der Waals surface area (Å²) in [6.45, 7) is 11.1. The van der Waals surface area contributed by atoms with Crippen molar-refractivity contribution in [3.63, 3.8) is 0 Å². The summed E-state index contributed by atoms with van der Waals surface area (Å²) in [7, 11) is 1.37. The summed E-state index contributed by atoms with van der Waals surface area (Å²) in [4.78, 5) is 36.3. The van der Waals surface area contributed by atoms with Crippen molar-refractivity contribution in [3.05, 3.63) is 0 Å². The Morgan fingerprint density at radius 3 is 2.15 bits per heavy atom. The molecule has 2 amide bonds. The second kappa shape index (κ2) is 9.95. The zero-order valence-electron chi connectivity index (χ0n) is 17.8. The molecule has 0 bridgehead atoms. The van der Waals surface area contributed by atoms with Crippen LogP contribution in [-0.4, -0.2) is 42.8 Å². The van der Waals surface area contributed by atoms with Crippen LogP contribution in [0.15, 0.2) is 0 Å². The molecule has 1 fully saturated rings. The van der Waals surface area contributed by atoms with Gasteiger partial charge in [0.1, 0.15) is 5.60 Å². The first-order valence-corrected chi connectivity index (χ1v) is 9.86. The van der Waals surface area contributed by atoms with Gasteiger partial charge in [-0.2, -0.15) is 0 Å². The molecule has 0 radical (unpaired) electrons. The molecule has 0 aromatic carbocycles. The number of amides is 2. The molecule has 0 heterocycles. The fourth-order valence-electron chi connectivity index (χ4n) is 4.06. The van der Waals surface area contributed by atoms with Crippen molar-refractivity contribution in [1.82, 2.24) is 10.6 Å². The van der Waals surface area contributed by atoms with E-state index in [-0.39, 0.29) is 41.7 Å². The van der Waals surface area contributed by atoms with Gasteiger partial charge in [-0.05, 0) is 39.5 Å². The lowest BCUT2D eigenvalue weighted by Gasteiger charge is -2.35. The molecule has 4 atom stereocenters. The van der Waals surface area contributed by atoms with Crippen LogP contribution < -0.4 is 10.6 Å². The second-order valence-electron chi connectivity index (χ2n) is 8.41. The number of esters is 1. The van der Waals surface area contributed by atoms with Crippen LogP contribution in [0.5, 0.6) is 0 Å². The first-order chi connectivity index (χ1) is 12.5. The Hall–Kier alpha value is -1.79. The maximum atomic E-state index is 12.3. The zero-order valence-corrected chi connectivity index (χ0v) is 17.8. The summed E-state index contributed by atoms with van der Waals surface area (Å²) in [6, 6.07) is -0.381. The minimum Gasteiger partial charge on any atom is -0.469 e. The third-order valence-electron chi connectivity index (χ3n) is 5.24. The molecule has 1 unspecified atom stereocenters. The smallest absolute Gasteiger partial charge is 0.407 e. The van der Waals surface area contributed by atoms with Crippen LogP contribution in [0, 0.1) is 17.8 Å². The van der Waals surface area contributed by atoms with Crippen molar-refractivity contribution in [1.29, 1.82) is 0 Å². The van der Waals surface area contributed by atoms with Gasteiger partial charge in [-0.1, -0.05) is 26.7 Å². The van der Waals surface area contributed by atoms with Crippen LogP contribution in [0.2, 0.25) is 0 Å². The fourth-order valence-corrected chi connectivity index (χ4v) is 4.06. The Morgan fingerprint density at radius 2 is 1.70 bits per heavy atom. The highest BCUT2D eigenvalue weighted by atomic mass is 16.6. The van der Waals surface area contributed by atoms with Gasteiger partial charge < -0.3 is 20.1 Å². The lowest BCUT2D eigenvalue weighted by Crippen LogP contribution is -2.51. The monoisotopic (exact) mass is 384 g/mol. The summed E-state index contributed by atoms with van der Waals surface area (Å²) in [5.41, 5.74) is -0.605. The van der Waals surface area contributed by atoms with Gasteiger partial charge in [0, 0.05) is 24.9 Å². The van der Waals surface area contributed by atoms with E-state index in [2.05, 4.69) is 24.5 Å². The van der Waals surface area contributed by atoms with Gasteiger partial charge in [0.2, 0.25) is 5.91 Å². The van der Waals surface area contributed by atoms with Gasteiger partial charge in [-0.15, -0.1) is 0 Å². The standard InChI is InChI=1S/C20H36N2O5/c1-8-13(9-2)17(21-12(3)23)15-10-14(18(24)26-7)11-16(15)22-19(25)27-20(4,5)6/h13-17H,8-11H2,1-7H3,(H,21,23)(H,22,25)/t14-,15?,16-,17+/m1/s1. The summed E-state index contributed by atoms with van der Waals surface area (Å²) in [5.74, 6) is -0.483. The Morgan fingerprint density at radius 1 is 1.11 bits per heavy atom. The normalized spacial score (nSPS) is 23.6. The van der Waals surface area contributed by atoms with Crippen LogP contribution >= 0.6 is 0 Å². The van der Waals surface area contributed by atoms with Gasteiger partial charge in [-0.25, -0.2) is 4.79 Å². The van der Waals surface area contributed by atoms with Crippen molar-refractivity contribution in [2.45, 2.75) is 84.9 Å². The number of carbonyl (C=O) groups excluding carboxylic acids is 3. The SMILES string of the molecule is CCC(CC)[C@H](NC(C)=O)C1C[C@@H](C(=O)OC)C[C@H]1NC(=O)OC(C)(C)C. The number of rotatable bonds is 7. The molecule has 1 aliphatic carbocycles. The number of alkyl carbamates (subject to hydrolysis) is 1. The van der Waals surface area contributed by atoms with Crippen LogP contribution in [0.1, 0.15) is 67.2 Å². The average Bonchev–Trinajstić information content (AvgIpc) is 2.95. The van der Waals surface area contributed by atoms with Crippen LogP contribution in [0.4, 0.5) is 4.79 Å². The average molecular weight is 385 g/mol. The number of nitrogens with one attached hydrogen (secondary N) is 2. The van der Waals surface area contributed by atoms with Gasteiger partial charge >= 0.3 is 12.1 Å². The van der Waals surface area contributed by atoms with E-state index in [1.165, 1.54) is 14.0 Å². The van der Waals surface area contributed by atoms with E-state index in [9.17, 15) is 14.4 Å². The number of methoxy groups -OCH3 is 1. The van der Waals surface area contributed by atoms with E-state index >= 15 is 0 Å². The molecular weight excluding hydrogens is 348 g/mol. The number of ether oxygens (including phenoxy) is 2. The first kappa shape index (κ1) is 23.2. The third kappa shape index (κ3) is 7.03. The highest BCUT2D eigenvalue weighted by Crippen LogP contribution is 2.38. The van der Waals surface area contributed by atoms with E-state index in [4.69, 9.17) is 9.47 Å². The lowest BCUT2D eigenvalue weighted by molar-refractivity contribution is -0.145. The Balaban J connectivity index is 3.07. The lowest BCUT2D eigenvalue weighted by atomic mass is 9.81. The predicted molar refractivity (Wildman–Crippen MR) is 103 cm³/mol. The van der Waals surface area contributed by atoms with E-state index in [1.54, 1.807) is 20.8 Å². The van der Waals surface area contributed by atoms with Crippen molar-refractivity contribution in [3.8, 4) is 0 Å². The van der Waals surface area contributed by atoms with Gasteiger partial charge in [0.15, 0.2) is 0 Å². The minimum atomic E-state index is -0.605. The van der Waals surface area contributed by atoms with Crippen molar-refractivity contribution >= 4 is 18.0 Å². The Labute approximate surface area is 162 Å². The number of hydrogen-bond donors (Lipinski definition) is 2. The molecule has 0 saturated heterocycles. The molecule has 0 spiro atoms. The Kier molecular flexibility index (Phi) is 8.57. The predicted octanol–water partition coefficient (Wildman–Crippen LogP) is 3.02. The largest absolute Gasteiger partial charge is 0.469 e. The molecule has 1 rings (SSSR count). The van der Waals surface area contributed by atoms with Crippen LogP contribution in [-0.2, 0) is 19.1 Å². The van der Waals surface area contributed by atoms with E-state index in [1.807, 2.05) is 0 Å². The topological polar surface area (TPSA) is 93.7 Å². The summed E-state index contributed by atoms with van der Waals surface area (Å²) >= 11 is 0. The molecule has 7 nitrogen and oxygen atoms in total. The fraction of sp³-hybridized carbons (Fsp3) is 0.850. The Bertz CT molecular complexity index is 525. The molecule has 7 heteroatoms. The molecule has 0 aromatic rings. The highest BCUT2D eigenvalue weighted by Gasteiger charge is 2.45. The second-order valence-corrected chi connectivity index (χ2v) is 8.41. The van der Waals surface area contributed by atoms with Crippen LogP contribution in [0.3, 0.4) is 0 Å². The maximum Gasteiger partial charge on any atom is 0.407 e. The molecule has 1 aliphatic rings. The molecule has 0 aliphatic heterocycles. The van der Waals surface area contributed by atoms with Crippen molar-refractivity contribution in [2.24, 2.45) is 17.8 Å². The van der Waals surface area contributed by atoms with Crippen molar-refractivity contribution < 1.29 is 23.9 Å². The quantitative estimate of drug-likeness (QED) is 0.658. The van der Waals surface area contributed by atoms with Gasteiger partial charge in [-0.3, -0.25) is 9.59 Å². The van der Waals surface area contributed by atoms with E-state index in [0.29, 0.717) is 12.8 Å². The van der Waals surface area contributed by atoms with E-state index < -0.39 is 11.7 Å². The maximum absolute atomic E-state index is 12.3.